The van der Waals surface area contributed by atoms with Crippen molar-refractivity contribution in [3.05, 3.63) is 91.4 Å². The molecule has 0 aliphatic heterocycles. The Morgan fingerprint density at radius 2 is 1.88 bits per heavy atom. The molecule has 3 rings (SSSR count). The normalized spacial score (nSPS) is 10.5. The smallest absolute Gasteiger partial charge is 0.360 e. The number of hydrogen-bond donors (Lipinski definition) is 1. The summed E-state index contributed by atoms with van der Waals surface area (Å²) in [6.45, 7) is 4.89. The van der Waals surface area contributed by atoms with Gasteiger partial charge in [-0.05, 0) is 38.5 Å². The van der Waals surface area contributed by atoms with Crippen LogP contribution >= 0.6 is 0 Å². The lowest BCUT2D eigenvalue weighted by Crippen LogP contribution is -2.27. The van der Waals surface area contributed by atoms with Gasteiger partial charge in [-0.25, -0.2) is 4.79 Å². The van der Waals surface area contributed by atoms with Crippen LogP contribution in [-0.4, -0.2) is 33.2 Å². The Hall–Kier alpha value is -4.34. The van der Waals surface area contributed by atoms with E-state index >= 15 is 0 Å². The molecule has 1 N–H and O–H groups in total. The number of ether oxygens (including phenoxy) is 1. The summed E-state index contributed by atoms with van der Waals surface area (Å²) < 4.78 is 6.09. The highest BCUT2D eigenvalue weighted by atomic mass is 16.6. The van der Waals surface area contributed by atoms with Crippen LogP contribution in [0.25, 0.3) is 5.69 Å². The molecule has 0 fully saturated rings. The van der Waals surface area contributed by atoms with Crippen molar-refractivity contribution >= 4 is 23.3 Å². The number of nitrogens with zero attached hydrogens (tertiary/aromatic N) is 3. The Labute approximate surface area is 182 Å². The first-order valence-corrected chi connectivity index (χ1v) is 9.67. The zero-order valence-corrected chi connectivity index (χ0v) is 17.6. The van der Waals surface area contributed by atoms with Gasteiger partial charge in [-0.15, -0.1) is 0 Å². The standard InChI is InChI=1S/C22H20N4O6/c1-4-32-22(29)20-16(12-19(27)25(24-20)17-10-6-5-8-13(17)2)23-21(28)15-9-7-11-18(14(15)3)26(30)31/h5-12H,4H2,1-3H3,(H,23,28). The topological polar surface area (TPSA) is 133 Å². The van der Waals surface area contributed by atoms with E-state index < -0.39 is 22.4 Å². The molecule has 0 spiro atoms. The second-order valence-electron chi connectivity index (χ2n) is 6.82. The molecule has 0 saturated heterocycles. The quantitative estimate of drug-likeness (QED) is 0.356. The van der Waals surface area contributed by atoms with Crippen molar-refractivity contribution in [1.29, 1.82) is 0 Å². The van der Waals surface area contributed by atoms with Crippen LogP contribution in [0.4, 0.5) is 11.4 Å². The van der Waals surface area contributed by atoms with Crippen LogP contribution in [-0.2, 0) is 4.74 Å². The summed E-state index contributed by atoms with van der Waals surface area (Å²) in [4.78, 5) is 48.7. The number of para-hydroxylation sites is 1. The van der Waals surface area contributed by atoms with Crippen LogP contribution in [0.15, 0.2) is 53.3 Å². The molecule has 0 aliphatic carbocycles. The number of anilines is 1. The van der Waals surface area contributed by atoms with Gasteiger partial charge in [0.25, 0.3) is 17.2 Å². The molecule has 0 unspecified atom stereocenters. The van der Waals surface area contributed by atoms with Gasteiger partial charge in [0.05, 0.1) is 22.9 Å². The lowest BCUT2D eigenvalue weighted by Gasteiger charge is -2.14. The van der Waals surface area contributed by atoms with Crippen molar-refractivity contribution in [2.24, 2.45) is 0 Å². The van der Waals surface area contributed by atoms with Crippen LogP contribution < -0.4 is 10.9 Å². The van der Waals surface area contributed by atoms with E-state index in [1.165, 1.54) is 25.1 Å². The van der Waals surface area contributed by atoms with E-state index in [4.69, 9.17) is 4.74 Å². The van der Waals surface area contributed by atoms with E-state index in [2.05, 4.69) is 10.4 Å². The van der Waals surface area contributed by atoms with Gasteiger partial charge in [0.2, 0.25) is 0 Å². The molecule has 1 aromatic heterocycles. The monoisotopic (exact) mass is 436 g/mol. The Kier molecular flexibility index (Phi) is 6.43. The SMILES string of the molecule is CCOC(=O)c1nn(-c2ccccc2C)c(=O)cc1NC(=O)c1cccc([N+](=O)[O-])c1C. The Morgan fingerprint density at radius 3 is 2.53 bits per heavy atom. The number of aryl methyl sites for hydroxylation is 1. The minimum atomic E-state index is -0.833. The average Bonchev–Trinajstić information content (AvgIpc) is 2.74. The van der Waals surface area contributed by atoms with Crippen molar-refractivity contribution < 1.29 is 19.2 Å². The Bertz CT molecular complexity index is 1280. The summed E-state index contributed by atoms with van der Waals surface area (Å²) in [6, 6.07) is 12.1. The minimum absolute atomic E-state index is 0.0251. The van der Waals surface area contributed by atoms with Gasteiger partial charge in [0.15, 0.2) is 5.69 Å². The van der Waals surface area contributed by atoms with E-state index in [0.29, 0.717) is 5.69 Å². The molecule has 3 aromatic rings. The molecule has 0 radical (unpaired) electrons. The lowest BCUT2D eigenvalue weighted by atomic mass is 10.1. The van der Waals surface area contributed by atoms with Crippen molar-refractivity contribution in [3.63, 3.8) is 0 Å². The molecule has 1 amide bonds. The number of aromatic nitrogens is 2. The number of carbonyl (C=O) groups is 2. The van der Waals surface area contributed by atoms with Crippen LogP contribution in [0, 0.1) is 24.0 Å². The van der Waals surface area contributed by atoms with E-state index in [-0.39, 0.29) is 34.8 Å². The molecule has 0 aliphatic rings. The fourth-order valence-corrected chi connectivity index (χ4v) is 3.13. The van der Waals surface area contributed by atoms with Crippen LogP contribution in [0.1, 0.15) is 38.9 Å². The largest absolute Gasteiger partial charge is 0.461 e. The number of nitrogens with one attached hydrogen (secondary N) is 1. The fraction of sp³-hybridized carbons (Fsp3) is 0.182. The molecule has 0 bridgehead atoms. The average molecular weight is 436 g/mol. The van der Waals surface area contributed by atoms with E-state index in [0.717, 1.165) is 16.3 Å². The number of rotatable bonds is 6. The number of amides is 1. The third-order valence-corrected chi connectivity index (χ3v) is 4.74. The summed E-state index contributed by atoms with van der Waals surface area (Å²) in [7, 11) is 0. The highest BCUT2D eigenvalue weighted by Gasteiger charge is 2.23. The Morgan fingerprint density at radius 1 is 1.16 bits per heavy atom. The van der Waals surface area contributed by atoms with Crippen molar-refractivity contribution in [1.82, 2.24) is 9.78 Å². The first-order chi connectivity index (χ1) is 15.2. The highest BCUT2D eigenvalue weighted by Crippen LogP contribution is 2.23. The summed E-state index contributed by atoms with van der Waals surface area (Å²) in [5, 5.41) is 17.8. The lowest BCUT2D eigenvalue weighted by molar-refractivity contribution is -0.385. The van der Waals surface area contributed by atoms with Crippen molar-refractivity contribution in [3.8, 4) is 5.69 Å². The molecule has 10 heteroatoms. The molecule has 0 saturated carbocycles. The van der Waals surface area contributed by atoms with Crippen LogP contribution in [0.5, 0.6) is 0 Å². The number of nitro benzene ring substituents is 1. The van der Waals surface area contributed by atoms with Gasteiger partial charge in [-0.2, -0.15) is 9.78 Å². The van der Waals surface area contributed by atoms with E-state index in [1.54, 1.807) is 38.1 Å². The van der Waals surface area contributed by atoms with E-state index in [1.807, 2.05) is 0 Å². The fourth-order valence-electron chi connectivity index (χ4n) is 3.13. The number of hydrogen-bond acceptors (Lipinski definition) is 7. The zero-order chi connectivity index (χ0) is 23.4. The summed E-state index contributed by atoms with van der Waals surface area (Å²) in [5.41, 5.74) is 0.150. The molecule has 10 nitrogen and oxygen atoms in total. The maximum absolute atomic E-state index is 12.8. The van der Waals surface area contributed by atoms with E-state index in [9.17, 15) is 24.5 Å². The van der Waals surface area contributed by atoms with Gasteiger partial charge < -0.3 is 10.1 Å². The predicted octanol–water partition coefficient (Wildman–Crippen LogP) is 3.19. The molecular weight excluding hydrogens is 416 g/mol. The summed E-state index contributed by atoms with van der Waals surface area (Å²) in [5.74, 6) is -1.56. The molecule has 0 atom stereocenters. The molecule has 2 aromatic carbocycles. The molecular formula is C22H20N4O6. The van der Waals surface area contributed by atoms with Gasteiger partial charge in [-0.1, -0.05) is 24.3 Å². The summed E-state index contributed by atoms with van der Waals surface area (Å²) in [6.07, 6.45) is 0. The number of carbonyl (C=O) groups excluding carboxylic acids is 2. The third-order valence-electron chi connectivity index (χ3n) is 4.74. The van der Waals surface area contributed by atoms with Crippen LogP contribution in [0.2, 0.25) is 0 Å². The first kappa shape index (κ1) is 22.3. The minimum Gasteiger partial charge on any atom is -0.461 e. The number of esters is 1. The van der Waals surface area contributed by atoms with Crippen molar-refractivity contribution in [2.45, 2.75) is 20.8 Å². The second-order valence-corrected chi connectivity index (χ2v) is 6.82. The molecule has 1 heterocycles. The first-order valence-electron chi connectivity index (χ1n) is 9.67. The molecule has 32 heavy (non-hydrogen) atoms. The van der Waals surface area contributed by atoms with Gasteiger partial charge >= 0.3 is 5.97 Å². The highest BCUT2D eigenvalue weighted by molar-refractivity contribution is 6.08. The van der Waals surface area contributed by atoms with Gasteiger partial charge in [-0.3, -0.25) is 19.7 Å². The zero-order valence-electron chi connectivity index (χ0n) is 17.6. The van der Waals surface area contributed by atoms with Gasteiger partial charge in [0.1, 0.15) is 0 Å². The maximum Gasteiger partial charge on any atom is 0.360 e. The number of nitro groups is 1. The summed E-state index contributed by atoms with van der Waals surface area (Å²) >= 11 is 0. The Balaban J connectivity index is 2.09. The van der Waals surface area contributed by atoms with Crippen molar-refractivity contribution in [2.75, 3.05) is 11.9 Å². The third kappa shape index (κ3) is 4.38. The van der Waals surface area contributed by atoms with Crippen LogP contribution in [0.3, 0.4) is 0 Å². The molecule has 164 valence electrons. The second kappa shape index (κ2) is 9.21. The van der Waals surface area contributed by atoms with Gasteiger partial charge in [0, 0.05) is 23.3 Å². The number of benzene rings is 2. The maximum atomic E-state index is 12.8. The predicted molar refractivity (Wildman–Crippen MR) is 116 cm³/mol.